The van der Waals surface area contributed by atoms with Crippen LogP contribution in [0.3, 0.4) is 0 Å². The van der Waals surface area contributed by atoms with Gasteiger partial charge in [-0.3, -0.25) is 14.3 Å². The molecule has 210 valence electrons. The van der Waals surface area contributed by atoms with Crippen LogP contribution in [0, 0.1) is 11.3 Å². The zero-order valence-corrected chi connectivity index (χ0v) is 21.1. The summed E-state index contributed by atoms with van der Waals surface area (Å²) in [5, 5.41) is 2.64. The van der Waals surface area contributed by atoms with Crippen LogP contribution in [0.15, 0.2) is 45.6 Å². The first-order valence-corrected chi connectivity index (χ1v) is 12.6. The molecule has 1 aliphatic heterocycles. The van der Waals surface area contributed by atoms with Gasteiger partial charge in [-0.1, -0.05) is 18.9 Å². The molecular weight excluding hydrogens is 528 g/mol. The zero-order valence-electron chi connectivity index (χ0n) is 21.1. The number of aromatic nitrogens is 1. The van der Waals surface area contributed by atoms with Crippen molar-refractivity contribution in [1.82, 2.24) is 14.8 Å². The Morgan fingerprint density at radius 1 is 1.03 bits per heavy atom. The second-order valence-electron chi connectivity index (χ2n) is 10.7. The number of fused-ring (bicyclic) bond motifs is 1. The Balaban J connectivity index is 1.32. The van der Waals surface area contributed by atoms with E-state index in [9.17, 15) is 35.9 Å². The highest BCUT2D eigenvalue weighted by atomic mass is 19.4. The highest BCUT2D eigenvalue weighted by molar-refractivity contribution is 5.83. The van der Waals surface area contributed by atoms with Crippen LogP contribution >= 0.6 is 0 Å². The molecule has 1 saturated heterocycles. The smallest absolute Gasteiger partial charge is 0.408 e. The fourth-order valence-corrected chi connectivity index (χ4v) is 5.43. The summed E-state index contributed by atoms with van der Waals surface area (Å²) in [6.07, 6.45) is -6.79. The summed E-state index contributed by atoms with van der Waals surface area (Å²) in [5.74, 6) is -0.458. The summed E-state index contributed by atoms with van der Waals surface area (Å²) in [5.41, 5.74) is -1.83. The van der Waals surface area contributed by atoms with Gasteiger partial charge in [0.25, 0.3) is 0 Å². The molecule has 2 aromatic carbocycles. The van der Waals surface area contributed by atoms with Crippen molar-refractivity contribution in [1.29, 1.82) is 0 Å². The van der Waals surface area contributed by atoms with Crippen molar-refractivity contribution in [2.24, 2.45) is 18.4 Å². The number of nitrogens with one attached hydrogen (secondary N) is 1. The molecule has 6 nitrogen and oxygen atoms in total. The average Bonchev–Trinajstić information content (AvgIpc) is 3.51. The number of likely N-dealkylation sites (tertiary alicyclic amines) is 1. The topological polar surface area (TPSA) is 67.5 Å². The van der Waals surface area contributed by atoms with Gasteiger partial charge >= 0.3 is 18.1 Å². The van der Waals surface area contributed by atoms with Gasteiger partial charge in [-0.25, -0.2) is 4.79 Å². The Labute approximate surface area is 219 Å². The van der Waals surface area contributed by atoms with Gasteiger partial charge in [0.2, 0.25) is 5.91 Å². The summed E-state index contributed by atoms with van der Waals surface area (Å²) >= 11 is 0. The molecule has 1 unspecified atom stereocenters. The quantitative estimate of drug-likeness (QED) is 0.393. The maximum Gasteiger partial charge on any atom is 0.419 e. The molecule has 0 radical (unpaired) electrons. The van der Waals surface area contributed by atoms with Crippen LogP contribution in [0.1, 0.15) is 47.9 Å². The normalized spacial score (nSPS) is 20.6. The van der Waals surface area contributed by atoms with E-state index in [2.05, 4.69) is 10.2 Å². The largest absolute Gasteiger partial charge is 0.419 e. The molecule has 2 heterocycles. The fourth-order valence-electron chi connectivity index (χ4n) is 5.43. The first-order chi connectivity index (χ1) is 18.2. The summed E-state index contributed by atoms with van der Waals surface area (Å²) in [6, 6.07) is 6.78. The van der Waals surface area contributed by atoms with Crippen molar-refractivity contribution in [3.8, 4) is 0 Å². The number of carbonyl (C=O) groups is 1. The van der Waals surface area contributed by atoms with Crippen LogP contribution in [-0.4, -0.2) is 28.5 Å². The number of halogens is 6. The maximum atomic E-state index is 13.5. The highest BCUT2D eigenvalue weighted by Crippen LogP contribution is 2.46. The second kappa shape index (κ2) is 9.72. The molecule has 2 fully saturated rings. The molecule has 3 aromatic rings. The van der Waals surface area contributed by atoms with E-state index in [1.54, 1.807) is 13.1 Å². The van der Waals surface area contributed by atoms with E-state index >= 15 is 0 Å². The van der Waals surface area contributed by atoms with E-state index in [-0.39, 0.29) is 17.5 Å². The first-order valence-electron chi connectivity index (χ1n) is 12.6. The molecule has 1 aromatic heterocycles. The number of amides is 1. The van der Waals surface area contributed by atoms with Crippen LogP contribution in [0.25, 0.3) is 11.1 Å². The van der Waals surface area contributed by atoms with Gasteiger partial charge in [-0.15, -0.1) is 0 Å². The number of hydrogen-bond acceptors (Lipinski definition) is 4. The Kier molecular flexibility index (Phi) is 6.80. The number of hydrogen-bond donors (Lipinski definition) is 1. The van der Waals surface area contributed by atoms with Gasteiger partial charge in [0.05, 0.1) is 22.1 Å². The molecule has 1 N–H and O–H groups in total. The number of nitrogens with zero attached hydrogens (tertiary/aromatic N) is 2. The standard InChI is InChI=1S/C27H27F6N3O3/c1-35-21-10-17(4-5-22(21)39-24(35)38)14-36-7-6-25(15-36,12-16-2-3-16)23(37)34-13-18-8-19(26(28,29)30)11-20(9-18)27(31,32)33/h4-5,8-11,16H,2-3,6-7,12-15H2,1H3,(H,34,37). The van der Waals surface area contributed by atoms with E-state index < -0.39 is 41.2 Å². The van der Waals surface area contributed by atoms with Gasteiger partial charge < -0.3 is 9.73 Å². The molecule has 1 aliphatic carbocycles. The van der Waals surface area contributed by atoms with Gasteiger partial charge in [0, 0.05) is 26.7 Å². The van der Waals surface area contributed by atoms with Crippen LogP contribution in [0.4, 0.5) is 26.3 Å². The Bertz CT molecular complexity index is 1420. The number of benzene rings is 2. The first kappa shape index (κ1) is 27.3. The third-order valence-corrected chi connectivity index (χ3v) is 7.65. The molecule has 1 saturated carbocycles. The van der Waals surface area contributed by atoms with E-state index in [1.165, 1.54) is 4.57 Å². The van der Waals surface area contributed by atoms with Crippen molar-refractivity contribution < 1.29 is 35.6 Å². The van der Waals surface area contributed by atoms with Crippen molar-refractivity contribution in [3.63, 3.8) is 0 Å². The summed E-state index contributed by atoms with van der Waals surface area (Å²) < 4.78 is 86.0. The summed E-state index contributed by atoms with van der Waals surface area (Å²) in [4.78, 5) is 27.4. The minimum atomic E-state index is -4.95. The van der Waals surface area contributed by atoms with Crippen molar-refractivity contribution in [2.75, 3.05) is 13.1 Å². The van der Waals surface area contributed by atoms with Gasteiger partial charge in [0.1, 0.15) is 0 Å². The minimum Gasteiger partial charge on any atom is -0.408 e. The number of alkyl halides is 6. The Hall–Kier alpha value is -3.28. The third-order valence-electron chi connectivity index (χ3n) is 7.65. The minimum absolute atomic E-state index is 0.0769. The maximum absolute atomic E-state index is 13.5. The van der Waals surface area contributed by atoms with E-state index in [1.807, 2.05) is 12.1 Å². The monoisotopic (exact) mass is 555 g/mol. The number of carbonyl (C=O) groups excluding carboxylic acids is 1. The van der Waals surface area contributed by atoms with Gasteiger partial charge in [0.15, 0.2) is 5.58 Å². The van der Waals surface area contributed by atoms with Gasteiger partial charge in [-0.2, -0.15) is 26.3 Å². The molecule has 39 heavy (non-hydrogen) atoms. The average molecular weight is 556 g/mol. The predicted octanol–water partition coefficient (Wildman–Crippen LogP) is 5.48. The zero-order chi connectivity index (χ0) is 28.2. The SMILES string of the molecule is Cn1c(=O)oc2ccc(CN3CCC(CC4CC4)(C(=O)NCc4cc(C(F)(F)F)cc(C(F)(F)F)c4)C3)cc21. The lowest BCUT2D eigenvalue weighted by Crippen LogP contribution is -2.43. The number of oxazole rings is 1. The van der Waals surface area contributed by atoms with Crippen LogP contribution in [0.2, 0.25) is 0 Å². The number of rotatable bonds is 7. The van der Waals surface area contributed by atoms with Gasteiger partial charge in [-0.05, 0) is 66.8 Å². The fraction of sp³-hybridized carbons (Fsp3) is 0.481. The number of aryl methyl sites for hydroxylation is 1. The van der Waals surface area contributed by atoms with E-state index in [0.29, 0.717) is 61.6 Å². The van der Waals surface area contributed by atoms with Crippen molar-refractivity contribution in [2.45, 2.75) is 51.1 Å². The van der Waals surface area contributed by atoms with E-state index in [0.717, 1.165) is 18.4 Å². The molecule has 0 bridgehead atoms. The lowest BCUT2D eigenvalue weighted by Gasteiger charge is -2.29. The van der Waals surface area contributed by atoms with Crippen molar-refractivity contribution >= 4 is 17.0 Å². The molecule has 2 aliphatic rings. The highest BCUT2D eigenvalue weighted by Gasteiger charge is 2.47. The van der Waals surface area contributed by atoms with Crippen LogP contribution < -0.4 is 11.1 Å². The van der Waals surface area contributed by atoms with E-state index in [4.69, 9.17) is 4.42 Å². The van der Waals surface area contributed by atoms with Crippen LogP contribution in [0.5, 0.6) is 0 Å². The summed E-state index contributed by atoms with van der Waals surface area (Å²) in [7, 11) is 1.61. The molecular formula is C27H27F6N3O3. The molecule has 0 spiro atoms. The molecule has 1 atom stereocenters. The van der Waals surface area contributed by atoms with Crippen LogP contribution in [-0.2, 0) is 37.3 Å². The molecule has 5 rings (SSSR count). The lowest BCUT2D eigenvalue weighted by atomic mass is 9.80. The molecule has 12 heteroatoms. The second-order valence-corrected chi connectivity index (χ2v) is 10.7. The third kappa shape index (κ3) is 5.85. The summed E-state index contributed by atoms with van der Waals surface area (Å²) in [6.45, 7) is 1.08. The predicted molar refractivity (Wildman–Crippen MR) is 129 cm³/mol. The Morgan fingerprint density at radius 2 is 1.69 bits per heavy atom. The van der Waals surface area contributed by atoms with Crippen molar-refractivity contribution in [3.05, 3.63) is 69.2 Å². The Morgan fingerprint density at radius 3 is 2.31 bits per heavy atom. The molecule has 1 amide bonds. The lowest BCUT2D eigenvalue weighted by molar-refractivity contribution is -0.143.